The second kappa shape index (κ2) is 9.09. The van der Waals surface area contributed by atoms with Gasteiger partial charge in [-0.1, -0.05) is 48.9 Å². The SMILES string of the molecule is CCc1ccc(N2C(=O)C(c3ccc(C)cc3)=C(N3CCN(c4ncccn4)CC3)C2=O)cc1. The fraction of sp³-hybridized carbons (Fsp3) is 0.259. The van der Waals surface area contributed by atoms with Crippen molar-refractivity contribution in [2.45, 2.75) is 20.3 Å². The van der Waals surface area contributed by atoms with Gasteiger partial charge in [-0.05, 0) is 42.7 Å². The van der Waals surface area contributed by atoms with Gasteiger partial charge in [0.15, 0.2) is 0 Å². The Labute approximate surface area is 199 Å². The Kier molecular flexibility index (Phi) is 5.84. The number of imide groups is 1. The number of carbonyl (C=O) groups is 2. The van der Waals surface area contributed by atoms with Crippen molar-refractivity contribution in [3.05, 3.63) is 89.4 Å². The van der Waals surface area contributed by atoms with Crippen LogP contribution in [0.1, 0.15) is 23.6 Å². The van der Waals surface area contributed by atoms with Crippen LogP contribution in [0.2, 0.25) is 0 Å². The Morgan fingerprint density at radius 2 is 1.41 bits per heavy atom. The first-order chi connectivity index (χ1) is 16.6. The van der Waals surface area contributed by atoms with Gasteiger partial charge in [0.05, 0.1) is 11.3 Å². The molecule has 3 aromatic rings. The highest BCUT2D eigenvalue weighted by atomic mass is 16.2. The predicted octanol–water partition coefficient (Wildman–Crippen LogP) is 3.45. The molecule has 0 radical (unpaired) electrons. The number of anilines is 2. The molecule has 0 spiro atoms. The maximum atomic E-state index is 13.7. The second-order valence-corrected chi connectivity index (χ2v) is 8.58. The van der Waals surface area contributed by atoms with Crippen molar-refractivity contribution in [3.63, 3.8) is 0 Å². The zero-order chi connectivity index (χ0) is 23.7. The molecule has 3 heterocycles. The Morgan fingerprint density at radius 3 is 2.03 bits per heavy atom. The van der Waals surface area contributed by atoms with Crippen LogP contribution in [-0.4, -0.2) is 52.9 Å². The molecule has 2 aliphatic heterocycles. The van der Waals surface area contributed by atoms with Crippen molar-refractivity contribution in [1.82, 2.24) is 14.9 Å². The van der Waals surface area contributed by atoms with Crippen molar-refractivity contribution >= 4 is 29.0 Å². The van der Waals surface area contributed by atoms with E-state index < -0.39 is 0 Å². The van der Waals surface area contributed by atoms with E-state index in [1.54, 1.807) is 18.5 Å². The average molecular weight is 454 g/mol. The van der Waals surface area contributed by atoms with Crippen molar-refractivity contribution in [2.24, 2.45) is 0 Å². The van der Waals surface area contributed by atoms with Gasteiger partial charge >= 0.3 is 0 Å². The van der Waals surface area contributed by atoms with E-state index in [1.807, 2.05) is 60.4 Å². The lowest BCUT2D eigenvalue weighted by atomic mass is 10.0. The van der Waals surface area contributed by atoms with E-state index in [9.17, 15) is 9.59 Å². The molecule has 2 aliphatic rings. The van der Waals surface area contributed by atoms with Crippen LogP contribution in [0.3, 0.4) is 0 Å². The molecule has 1 aromatic heterocycles. The van der Waals surface area contributed by atoms with Crippen molar-refractivity contribution in [3.8, 4) is 0 Å². The van der Waals surface area contributed by atoms with Crippen molar-refractivity contribution in [2.75, 3.05) is 36.0 Å². The summed E-state index contributed by atoms with van der Waals surface area (Å²) < 4.78 is 0. The van der Waals surface area contributed by atoms with E-state index >= 15 is 0 Å². The number of nitrogens with zero attached hydrogens (tertiary/aromatic N) is 5. The number of amides is 2. The fourth-order valence-electron chi connectivity index (χ4n) is 4.49. The number of hydrogen-bond donors (Lipinski definition) is 0. The number of aryl methyl sites for hydroxylation is 2. The Bertz CT molecular complexity index is 1230. The Balaban J connectivity index is 1.49. The lowest BCUT2D eigenvalue weighted by Crippen LogP contribution is -2.48. The number of benzene rings is 2. The highest BCUT2D eigenvalue weighted by Gasteiger charge is 2.43. The largest absolute Gasteiger partial charge is 0.363 e. The van der Waals surface area contributed by atoms with Gasteiger partial charge in [-0.3, -0.25) is 9.59 Å². The zero-order valence-corrected chi connectivity index (χ0v) is 19.4. The minimum atomic E-state index is -0.276. The van der Waals surface area contributed by atoms with E-state index in [0.717, 1.165) is 23.1 Å². The quantitative estimate of drug-likeness (QED) is 0.551. The van der Waals surface area contributed by atoms with Crippen LogP contribution in [0, 0.1) is 6.92 Å². The van der Waals surface area contributed by atoms with Crippen LogP contribution in [0.15, 0.2) is 72.7 Å². The molecule has 1 fully saturated rings. The van der Waals surface area contributed by atoms with E-state index in [0.29, 0.717) is 49.1 Å². The number of hydrogen-bond acceptors (Lipinski definition) is 6. The third-order valence-electron chi connectivity index (χ3n) is 6.43. The van der Waals surface area contributed by atoms with E-state index in [1.165, 1.54) is 4.90 Å². The van der Waals surface area contributed by atoms with Gasteiger partial charge in [-0.25, -0.2) is 14.9 Å². The molecule has 1 saturated heterocycles. The summed E-state index contributed by atoms with van der Waals surface area (Å²) in [4.78, 5) is 41.6. The van der Waals surface area contributed by atoms with E-state index in [2.05, 4.69) is 21.8 Å². The summed E-state index contributed by atoms with van der Waals surface area (Å²) in [6, 6.07) is 17.2. The van der Waals surface area contributed by atoms with Crippen LogP contribution in [0.4, 0.5) is 11.6 Å². The van der Waals surface area contributed by atoms with E-state index in [-0.39, 0.29) is 11.8 Å². The predicted molar refractivity (Wildman–Crippen MR) is 132 cm³/mol. The molecular weight excluding hydrogens is 426 g/mol. The minimum Gasteiger partial charge on any atom is -0.363 e. The smallest absolute Gasteiger partial charge is 0.282 e. The minimum absolute atomic E-state index is 0.269. The number of carbonyl (C=O) groups excluding carboxylic acids is 2. The molecule has 5 rings (SSSR count). The average Bonchev–Trinajstić information content (AvgIpc) is 3.15. The van der Waals surface area contributed by atoms with Gasteiger partial charge < -0.3 is 9.80 Å². The lowest BCUT2D eigenvalue weighted by molar-refractivity contribution is -0.120. The first-order valence-electron chi connectivity index (χ1n) is 11.6. The van der Waals surface area contributed by atoms with Gasteiger partial charge in [0, 0.05) is 38.6 Å². The zero-order valence-electron chi connectivity index (χ0n) is 19.4. The van der Waals surface area contributed by atoms with E-state index in [4.69, 9.17) is 0 Å². The lowest BCUT2D eigenvalue weighted by Gasteiger charge is -2.36. The van der Waals surface area contributed by atoms with Crippen molar-refractivity contribution in [1.29, 1.82) is 0 Å². The fourth-order valence-corrected chi connectivity index (χ4v) is 4.49. The normalized spacial score (nSPS) is 16.6. The van der Waals surface area contributed by atoms with Gasteiger partial charge in [0.2, 0.25) is 5.95 Å². The molecule has 0 atom stereocenters. The van der Waals surface area contributed by atoms with Crippen LogP contribution in [-0.2, 0) is 16.0 Å². The maximum Gasteiger partial charge on any atom is 0.282 e. The molecule has 34 heavy (non-hydrogen) atoms. The molecule has 0 saturated carbocycles. The van der Waals surface area contributed by atoms with Gasteiger partial charge in [-0.2, -0.15) is 0 Å². The Hall–Kier alpha value is -4.00. The summed E-state index contributed by atoms with van der Waals surface area (Å²) in [5.41, 5.74) is 4.57. The summed E-state index contributed by atoms with van der Waals surface area (Å²) >= 11 is 0. The molecule has 2 aromatic carbocycles. The molecule has 0 unspecified atom stereocenters. The van der Waals surface area contributed by atoms with Crippen LogP contribution < -0.4 is 9.80 Å². The van der Waals surface area contributed by atoms with Gasteiger partial charge in [0.25, 0.3) is 11.8 Å². The topological polar surface area (TPSA) is 69.6 Å². The Morgan fingerprint density at radius 1 is 0.794 bits per heavy atom. The monoisotopic (exact) mass is 453 g/mol. The third kappa shape index (κ3) is 3.94. The maximum absolute atomic E-state index is 13.7. The summed E-state index contributed by atoms with van der Waals surface area (Å²) in [5.74, 6) is 0.137. The van der Waals surface area contributed by atoms with Gasteiger partial charge in [0.1, 0.15) is 5.70 Å². The number of piperazine rings is 1. The first-order valence-corrected chi connectivity index (χ1v) is 11.6. The summed E-state index contributed by atoms with van der Waals surface area (Å²) in [5, 5.41) is 0. The molecule has 172 valence electrons. The third-order valence-corrected chi connectivity index (χ3v) is 6.43. The highest BCUT2D eigenvalue weighted by molar-refractivity contribution is 6.45. The molecule has 2 amide bonds. The number of aromatic nitrogens is 2. The molecular formula is C27H27N5O2. The molecule has 0 N–H and O–H groups in total. The van der Waals surface area contributed by atoms with Gasteiger partial charge in [-0.15, -0.1) is 0 Å². The standard InChI is InChI=1S/C27H27N5O2/c1-3-20-7-11-22(12-8-20)32-25(33)23(21-9-5-19(2)6-10-21)24(26(32)34)30-15-17-31(18-16-30)27-28-13-4-14-29-27/h4-14H,3,15-18H2,1-2H3. The van der Waals surface area contributed by atoms with Crippen molar-refractivity contribution < 1.29 is 9.59 Å². The molecule has 0 bridgehead atoms. The number of rotatable bonds is 5. The first kappa shape index (κ1) is 21.8. The highest BCUT2D eigenvalue weighted by Crippen LogP contribution is 2.35. The summed E-state index contributed by atoms with van der Waals surface area (Å²) in [7, 11) is 0. The molecule has 7 heteroatoms. The summed E-state index contributed by atoms with van der Waals surface area (Å²) in [6.07, 6.45) is 4.36. The summed E-state index contributed by atoms with van der Waals surface area (Å²) in [6.45, 7) is 6.63. The molecule has 0 aliphatic carbocycles. The molecule has 7 nitrogen and oxygen atoms in total. The van der Waals surface area contributed by atoms with Crippen LogP contribution >= 0.6 is 0 Å². The van der Waals surface area contributed by atoms with Crippen LogP contribution in [0.5, 0.6) is 0 Å². The second-order valence-electron chi connectivity index (χ2n) is 8.58. The van der Waals surface area contributed by atoms with Crippen LogP contribution in [0.25, 0.3) is 5.57 Å².